The number of aryl methyl sites for hydroxylation is 1. The Morgan fingerprint density at radius 3 is 2.54 bits per heavy atom. The second-order valence-corrected chi connectivity index (χ2v) is 6.86. The van der Waals surface area contributed by atoms with Gasteiger partial charge in [-0.3, -0.25) is 4.79 Å². The summed E-state index contributed by atoms with van der Waals surface area (Å²) in [7, 11) is 2.99. The number of carbonyl (C=O) groups is 2. The molecular formula is C22H25NO5. The van der Waals surface area contributed by atoms with Crippen molar-refractivity contribution in [2.24, 2.45) is 0 Å². The molecule has 0 radical (unpaired) electrons. The van der Waals surface area contributed by atoms with Crippen molar-refractivity contribution in [1.82, 2.24) is 4.57 Å². The Morgan fingerprint density at radius 2 is 1.89 bits per heavy atom. The Hall–Kier alpha value is -3.02. The van der Waals surface area contributed by atoms with Crippen LogP contribution in [0.25, 0.3) is 6.08 Å². The molecule has 2 aromatic rings. The van der Waals surface area contributed by atoms with E-state index in [-0.39, 0.29) is 12.4 Å². The first kappa shape index (κ1) is 19.7. The largest absolute Gasteiger partial charge is 0.497 e. The Kier molecular flexibility index (Phi) is 5.87. The van der Waals surface area contributed by atoms with E-state index in [1.807, 2.05) is 0 Å². The summed E-state index contributed by atoms with van der Waals surface area (Å²) in [6.45, 7) is 3.75. The number of hydrogen-bond acceptors (Lipinski definition) is 5. The van der Waals surface area contributed by atoms with Crippen molar-refractivity contribution < 1.29 is 23.8 Å². The van der Waals surface area contributed by atoms with E-state index >= 15 is 0 Å². The van der Waals surface area contributed by atoms with Crippen molar-refractivity contribution in [3.63, 3.8) is 0 Å². The number of ketones is 1. The smallest absolute Gasteiger partial charge is 0.331 e. The zero-order valence-electron chi connectivity index (χ0n) is 16.7. The number of ether oxygens (including phenoxy) is 3. The standard InChI is InChI=1S/C22H25NO5/c1-14-11-16(15(2)23(14)17-6-7-17)5-10-22(25)28-13-20(24)19-12-18(26-3)8-9-21(19)27-4/h5,8-12,17H,6-7,13H2,1-4H3/b10-5+. The number of benzene rings is 1. The summed E-state index contributed by atoms with van der Waals surface area (Å²) < 4.78 is 17.7. The lowest BCUT2D eigenvalue weighted by atomic mass is 10.1. The quantitative estimate of drug-likeness (QED) is 0.393. The lowest BCUT2D eigenvalue weighted by Gasteiger charge is -2.09. The summed E-state index contributed by atoms with van der Waals surface area (Å²) in [5, 5.41) is 0. The van der Waals surface area contributed by atoms with Crippen molar-refractivity contribution in [3.05, 3.63) is 52.9 Å². The van der Waals surface area contributed by atoms with Crippen LogP contribution in [0.1, 0.15) is 46.2 Å². The molecule has 3 rings (SSSR count). The topological polar surface area (TPSA) is 66.8 Å². The number of rotatable bonds is 8. The first-order valence-electron chi connectivity index (χ1n) is 9.23. The van der Waals surface area contributed by atoms with Crippen LogP contribution in [0, 0.1) is 13.8 Å². The first-order chi connectivity index (χ1) is 13.4. The summed E-state index contributed by atoms with van der Waals surface area (Å²) >= 11 is 0. The van der Waals surface area contributed by atoms with Gasteiger partial charge in [-0.15, -0.1) is 0 Å². The zero-order valence-corrected chi connectivity index (χ0v) is 16.7. The van der Waals surface area contributed by atoms with Crippen molar-refractivity contribution in [2.75, 3.05) is 20.8 Å². The van der Waals surface area contributed by atoms with Crippen molar-refractivity contribution in [3.8, 4) is 11.5 Å². The Morgan fingerprint density at radius 1 is 1.14 bits per heavy atom. The second kappa shape index (κ2) is 8.33. The summed E-state index contributed by atoms with van der Waals surface area (Å²) in [5.41, 5.74) is 3.63. The highest BCUT2D eigenvalue weighted by Crippen LogP contribution is 2.38. The number of carbonyl (C=O) groups excluding carboxylic acids is 2. The summed E-state index contributed by atoms with van der Waals surface area (Å²) in [4.78, 5) is 24.5. The van der Waals surface area contributed by atoms with Gasteiger partial charge in [-0.05, 0) is 62.6 Å². The third kappa shape index (κ3) is 4.27. The highest BCUT2D eigenvalue weighted by Gasteiger charge is 2.26. The third-order valence-corrected chi connectivity index (χ3v) is 4.89. The minimum Gasteiger partial charge on any atom is -0.497 e. The molecule has 1 aliphatic rings. The third-order valence-electron chi connectivity index (χ3n) is 4.89. The zero-order chi connectivity index (χ0) is 20.3. The molecule has 1 aromatic heterocycles. The highest BCUT2D eigenvalue weighted by molar-refractivity contribution is 6.01. The van der Waals surface area contributed by atoms with Crippen LogP contribution >= 0.6 is 0 Å². The molecule has 1 fully saturated rings. The van der Waals surface area contributed by atoms with Gasteiger partial charge in [0.2, 0.25) is 5.78 Å². The Bertz CT molecular complexity index is 921. The average molecular weight is 383 g/mol. The monoisotopic (exact) mass is 383 g/mol. The molecule has 148 valence electrons. The number of nitrogens with zero attached hydrogens (tertiary/aromatic N) is 1. The molecule has 1 aromatic carbocycles. The molecular weight excluding hydrogens is 358 g/mol. The van der Waals surface area contributed by atoms with Gasteiger partial charge in [0.25, 0.3) is 0 Å². The molecule has 6 nitrogen and oxygen atoms in total. The van der Waals surface area contributed by atoms with E-state index in [0.717, 1.165) is 11.3 Å². The van der Waals surface area contributed by atoms with Crippen molar-refractivity contribution in [2.45, 2.75) is 32.7 Å². The van der Waals surface area contributed by atoms with Gasteiger partial charge in [0.15, 0.2) is 6.61 Å². The Labute approximate surface area is 164 Å². The molecule has 0 N–H and O–H groups in total. The number of hydrogen-bond donors (Lipinski definition) is 0. The molecule has 0 spiro atoms. The number of methoxy groups -OCH3 is 2. The fraction of sp³-hybridized carbons (Fsp3) is 0.364. The van der Waals surface area contributed by atoms with E-state index in [9.17, 15) is 9.59 Å². The molecule has 0 bridgehead atoms. The molecule has 1 heterocycles. The van der Waals surface area contributed by atoms with Gasteiger partial charge in [0.1, 0.15) is 11.5 Å². The molecule has 1 saturated carbocycles. The lowest BCUT2D eigenvalue weighted by molar-refractivity contribution is -0.136. The summed E-state index contributed by atoms with van der Waals surface area (Å²) in [5.74, 6) is 0.0159. The molecule has 6 heteroatoms. The fourth-order valence-electron chi connectivity index (χ4n) is 3.32. The first-order valence-corrected chi connectivity index (χ1v) is 9.23. The van der Waals surface area contributed by atoms with Crippen LogP contribution in [0.4, 0.5) is 0 Å². The van der Waals surface area contributed by atoms with E-state index in [0.29, 0.717) is 23.1 Å². The fourth-order valence-corrected chi connectivity index (χ4v) is 3.32. The van der Waals surface area contributed by atoms with Crippen LogP contribution in [0.2, 0.25) is 0 Å². The van der Waals surface area contributed by atoms with Gasteiger partial charge in [0, 0.05) is 23.5 Å². The minimum atomic E-state index is -0.563. The number of esters is 1. The van der Waals surface area contributed by atoms with Crippen LogP contribution < -0.4 is 9.47 Å². The number of aromatic nitrogens is 1. The normalized spacial score (nSPS) is 13.6. The second-order valence-electron chi connectivity index (χ2n) is 6.86. The maximum Gasteiger partial charge on any atom is 0.331 e. The van der Waals surface area contributed by atoms with Gasteiger partial charge in [-0.25, -0.2) is 4.79 Å². The van der Waals surface area contributed by atoms with E-state index in [1.54, 1.807) is 24.3 Å². The van der Waals surface area contributed by atoms with Gasteiger partial charge in [-0.1, -0.05) is 0 Å². The molecule has 0 atom stereocenters. The minimum absolute atomic E-state index is 0.312. The summed E-state index contributed by atoms with van der Waals surface area (Å²) in [6.07, 6.45) is 5.50. The lowest BCUT2D eigenvalue weighted by Crippen LogP contribution is -2.13. The average Bonchev–Trinajstić information content (AvgIpc) is 3.49. The summed E-state index contributed by atoms with van der Waals surface area (Å²) in [6, 6.07) is 7.55. The van der Waals surface area contributed by atoms with Crippen LogP contribution in [0.15, 0.2) is 30.3 Å². The predicted molar refractivity (Wildman–Crippen MR) is 106 cm³/mol. The molecule has 28 heavy (non-hydrogen) atoms. The van der Waals surface area contributed by atoms with E-state index in [4.69, 9.17) is 14.2 Å². The maximum absolute atomic E-state index is 12.4. The molecule has 0 unspecified atom stereocenters. The predicted octanol–water partition coefficient (Wildman–Crippen LogP) is 3.90. The van der Waals surface area contributed by atoms with Crippen LogP contribution in [0.5, 0.6) is 11.5 Å². The molecule has 0 aliphatic heterocycles. The van der Waals surface area contributed by atoms with E-state index in [1.165, 1.54) is 38.8 Å². The molecule has 1 aliphatic carbocycles. The van der Waals surface area contributed by atoms with E-state index < -0.39 is 5.97 Å². The SMILES string of the molecule is COc1ccc(OC)c(C(=O)COC(=O)/C=C/c2cc(C)n(C3CC3)c2C)c1. The highest BCUT2D eigenvalue weighted by atomic mass is 16.5. The van der Waals surface area contributed by atoms with Gasteiger partial charge >= 0.3 is 5.97 Å². The van der Waals surface area contributed by atoms with Crippen LogP contribution in [-0.4, -0.2) is 37.1 Å². The van der Waals surface area contributed by atoms with E-state index in [2.05, 4.69) is 24.5 Å². The van der Waals surface area contributed by atoms with Gasteiger partial charge in [-0.2, -0.15) is 0 Å². The van der Waals surface area contributed by atoms with Gasteiger partial charge < -0.3 is 18.8 Å². The Balaban J connectivity index is 1.62. The maximum atomic E-state index is 12.4. The van der Waals surface area contributed by atoms with Crippen LogP contribution in [0.3, 0.4) is 0 Å². The van der Waals surface area contributed by atoms with Gasteiger partial charge in [0.05, 0.1) is 19.8 Å². The molecule has 0 amide bonds. The molecule has 0 saturated heterocycles. The van der Waals surface area contributed by atoms with Crippen molar-refractivity contribution >= 4 is 17.8 Å². The number of Topliss-reactive ketones (excluding diaryl/α,β-unsaturated/α-hetero) is 1. The van der Waals surface area contributed by atoms with Crippen molar-refractivity contribution in [1.29, 1.82) is 0 Å². The van der Waals surface area contributed by atoms with Crippen LogP contribution in [-0.2, 0) is 9.53 Å².